The number of halogens is 1. The largest absolute Gasteiger partial charge is 0.332 e. The van der Waals surface area contributed by atoms with Crippen LogP contribution in [0.15, 0.2) is 27.3 Å². The van der Waals surface area contributed by atoms with Crippen LogP contribution >= 0.6 is 15.9 Å². The van der Waals surface area contributed by atoms with Gasteiger partial charge in [-0.05, 0) is 41.9 Å². The van der Waals surface area contributed by atoms with E-state index >= 15 is 0 Å². The third kappa shape index (κ3) is 2.12. The van der Waals surface area contributed by atoms with Gasteiger partial charge in [-0.2, -0.15) is 4.98 Å². The van der Waals surface area contributed by atoms with Crippen molar-refractivity contribution in [2.75, 3.05) is 0 Å². The van der Waals surface area contributed by atoms with Gasteiger partial charge in [0, 0.05) is 10.7 Å². The van der Waals surface area contributed by atoms with Gasteiger partial charge in [0.2, 0.25) is 0 Å². The van der Waals surface area contributed by atoms with E-state index in [0.29, 0.717) is 17.4 Å². The lowest BCUT2D eigenvalue weighted by atomic mass is 10.1. The summed E-state index contributed by atoms with van der Waals surface area (Å²) in [5.74, 6) is 0.820. The van der Waals surface area contributed by atoms with E-state index in [4.69, 9.17) is 10.3 Å². The van der Waals surface area contributed by atoms with Crippen LogP contribution in [0.5, 0.6) is 0 Å². The molecule has 0 aliphatic carbocycles. The average molecular weight is 283 g/mol. The van der Waals surface area contributed by atoms with E-state index in [9.17, 15) is 0 Å². The third-order valence-electron chi connectivity index (χ3n) is 1.96. The summed E-state index contributed by atoms with van der Waals surface area (Å²) >= 11 is 3.37. The Balaban J connectivity index is 2.44. The molecule has 2 aromatic rings. The molecule has 0 aromatic carbocycles. The van der Waals surface area contributed by atoms with Crippen molar-refractivity contribution in [3.05, 3.63) is 28.6 Å². The molecule has 0 fully saturated rings. The molecule has 0 saturated heterocycles. The van der Waals surface area contributed by atoms with Crippen molar-refractivity contribution in [1.29, 1.82) is 0 Å². The first-order valence-electron chi connectivity index (χ1n) is 4.72. The zero-order chi connectivity index (χ0) is 11.8. The minimum atomic E-state index is -0.622. The maximum atomic E-state index is 5.87. The predicted molar refractivity (Wildman–Crippen MR) is 62.4 cm³/mol. The normalized spacial score (nSPS) is 11.8. The van der Waals surface area contributed by atoms with Crippen molar-refractivity contribution in [2.45, 2.75) is 19.4 Å². The molecule has 2 N–H and O–H groups in total. The lowest BCUT2D eigenvalue weighted by Crippen LogP contribution is -2.30. The van der Waals surface area contributed by atoms with Gasteiger partial charge in [0.15, 0.2) is 5.82 Å². The van der Waals surface area contributed by atoms with Gasteiger partial charge in [-0.3, -0.25) is 0 Å². The number of hydrogen-bond donors (Lipinski definition) is 1. The topological polar surface area (TPSA) is 77.8 Å². The number of nitrogens with two attached hydrogens (primary N) is 1. The van der Waals surface area contributed by atoms with Gasteiger partial charge in [-0.25, -0.2) is 4.98 Å². The fourth-order valence-electron chi connectivity index (χ4n) is 1.12. The zero-order valence-corrected chi connectivity index (χ0v) is 10.5. The predicted octanol–water partition coefficient (Wildman–Crippen LogP) is 2.09. The molecule has 2 heterocycles. The van der Waals surface area contributed by atoms with Crippen LogP contribution in [0, 0.1) is 0 Å². The van der Waals surface area contributed by atoms with Gasteiger partial charge < -0.3 is 10.3 Å². The van der Waals surface area contributed by atoms with Gasteiger partial charge >= 0.3 is 0 Å². The van der Waals surface area contributed by atoms with Crippen LogP contribution in [0.3, 0.4) is 0 Å². The van der Waals surface area contributed by atoms with Gasteiger partial charge in [0.1, 0.15) is 5.69 Å². The first-order valence-corrected chi connectivity index (χ1v) is 5.52. The van der Waals surface area contributed by atoms with E-state index in [1.807, 2.05) is 26.0 Å². The van der Waals surface area contributed by atoms with Gasteiger partial charge in [0.05, 0.1) is 5.54 Å². The summed E-state index contributed by atoms with van der Waals surface area (Å²) in [5.41, 5.74) is 5.86. The number of nitrogens with zero attached hydrogens (tertiary/aromatic N) is 3. The SMILES string of the molecule is CC(C)(N)c1noc(-c2ncccc2Br)n1. The van der Waals surface area contributed by atoms with E-state index in [1.165, 1.54) is 0 Å². The van der Waals surface area contributed by atoms with E-state index < -0.39 is 5.54 Å². The molecule has 0 aliphatic heterocycles. The van der Waals surface area contributed by atoms with Crippen molar-refractivity contribution in [3.63, 3.8) is 0 Å². The van der Waals surface area contributed by atoms with Crippen LogP contribution < -0.4 is 5.73 Å². The third-order valence-corrected chi connectivity index (χ3v) is 2.60. The standard InChI is InChI=1S/C10H11BrN4O/c1-10(2,12)9-14-8(16-15-9)7-6(11)4-3-5-13-7/h3-5H,12H2,1-2H3. The quantitative estimate of drug-likeness (QED) is 0.913. The fraction of sp³-hybridized carbons (Fsp3) is 0.300. The second kappa shape index (κ2) is 3.95. The van der Waals surface area contributed by atoms with E-state index in [2.05, 4.69) is 31.1 Å². The minimum absolute atomic E-state index is 0.362. The Hall–Kier alpha value is -1.27. The van der Waals surface area contributed by atoms with Gasteiger partial charge in [-0.1, -0.05) is 5.16 Å². The second-order valence-corrected chi connectivity index (χ2v) is 4.83. The van der Waals surface area contributed by atoms with E-state index in [1.54, 1.807) is 6.20 Å². The Kier molecular flexibility index (Phi) is 2.77. The van der Waals surface area contributed by atoms with Crippen molar-refractivity contribution in [3.8, 4) is 11.6 Å². The molecule has 0 aliphatic rings. The van der Waals surface area contributed by atoms with Crippen LogP contribution in [-0.4, -0.2) is 15.1 Å². The number of pyridine rings is 1. The average Bonchev–Trinajstić information content (AvgIpc) is 2.66. The van der Waals surface area contributed by atoms with Crippen LogP contribution in [0.25, 0.3) is 11.6 Å². The summed E-state index contributed by atoms with van der Waals surface area (Å²) in [5, 5.41) is 3.83. The molecule has 0 atom stereocenters. The molecule has 6 heteroatoms. The molecule has 16 heavy (non-hydrogen) atoms. The Bertz CT molecular complexity index is 504. The second-order valence-electron chi connectivity index (χ2n) is 3.98. The maximum absolute atomic E-state index is 5.87. The van der Waals surface area contributed by atoms with Crippen LogP contribution in [0.2, 0.25) is 0 Å². The summed E-state index contributed by atoms with van der Waals surface area (Å²) in [6.45, 7) is 3.63. The maximum Gasteiger partial charge on any atom is 0.277 e. The summed E-state index contributed by atoms with van der Waals surface area (Å²) in [6, 6.07) is 3.68. The molecule has 2 aromatic heterocycles. The van der Waals surface area contributed by atoms with Crippen molar-refractivity contribution < 1.29 is 4.52 Å². The highest BCUT2D eigenvalue weighted by atomic mass is 79.9. The molecule has 0 saturated carbocycles. The first kappa shape index (κ1) is 11.2. The Labute approximate surface area is 101 Å². The highest BCUT2D eigenvalue weighted by molar-refractivity contribution is 9.10. The van der Waals surface area contributed by atoms with E-state index in [-0.39, 0.29) is 0 Å². The molecular formula is C10H11BrN4O. The molecule has 0 amide bonds. The zero-order valence-electron chi connectivity index (χ0n) is 8.94. The Morgan fingerprint density at radius 3 is 2.75 bits per heavy atom. The van der Waals surface area contributed by atoms with Crippen molar-refractivity contribution in [1.82, 2.24) is 15.1 Å². The van der Waals surface area contributed by atoms with Crippen molar-refractivity contribution in [2.24, 2.45) is 5.73 Å². The Morgan fingerprint density at radius 1 is 1.44 bits per heavy atom. The molecule has 0 radical (unpaired) electrons. The summed E-state index contributed by atoms with van der Waals surface area (Å²) in [6.07, 6.45) is 1.66. The molecule has 0 bridgehead atoms. The Morgan fingerprint density at radius 2 is 2.19 bits per heavy atom. The van der Waals surface area contributed by atoms with Crippen LogP contribution in [0.1, 0.15) is 19.7 Å². The molecule has 5 nitrogen and oxygen atoms in total. The van der Waals surface area contributed by atoms with E-state index in [0.717, 1.165) is 4.47 Å². The molecular weight excluding hydrogens is 272 g/mol. The molecule has 84 valence electrons. The monoisotopic (exact) mass is 282 g/mol. The molecule has 0 unspecified atom stereocenters. The van der Waals surface area contributed by atoms with Crippen LogP contribution in [-0.2, 0) is 5.54 Å². The molecule has 0 spiro atoms. The van der Waals surface area contributed by atoms with Crippen molar-refractivity contribution >= 4 is 15.9 Å². The highest BCUT2D eigenvalue weighted by Crippen LogP contribution is 2.25. The highest BCUT2D eigenvalue weighted by Gasteiger charge is 2.23. The van der Waals surface area contributed by atoms with Gasteiger partial charge in [0.25, 0.3) is 5.89 Å². The number of rotatable bonds is 2. The number of aromatic nitrogens is 3. The minimum Gasteiger partial charge on any atom is -0.332 e. The first-order chi connectivity index (χ1) is 7.48. The van der Waals surface area contributed by atoms with Gasteiger partial charge in [-0.15, -0.1) is 0 Å². The lowest BCUT2D eigenvalue weighted by molar-refractivity contribution is 0.396. The summed E-state index contributed by atoms with van der Waals surface area (Å²) < 4.78 is 5.93. The smallest absolute Gasteiger partial charge is 0.277 e. The molecule has 2 rings (SSSR count). The lowest BCUT2D eigenvalue weighted by Gasteiger charge is -2.11. The van der Waals surface area contributed by atoms with Crippen LogP contribution in [0.4, 0.5) is 0 Å². The summed E-state index contributed by atoms with van der Waals surface area (Å²) in [4.78, 5) is 8.38. The summed E-state index contributed by atoms with van der Waals surface area (Å²) in [7, 11) is 0. The fourth-order valence-corrected chi connectivity index (χ4v) is 1.55. The number of hydrogen-bond acceptors (Lipinski definition) is 5.